The number of sulfonamides is 1. The first-order valence-electron chi connectivity index (χ1n) is 13.5. The fraction of sp³-hybridized carbons (Fsp3) is 0.310. The molecule has 3 aromatic rings. The summed E-state index contributed by atoms with van der Waals surface area (Å²) in [6.07, 6.45) is 7.51. The summed E-state index contributed by atoms with van der Waals surface area (Å²) >= 11 is 6.57. The first-order valence-corrected chi connectivity index (χ1v) is 16.1. The maximum atomic E-state index is 13.5. The molecule has 3 heterocycles. The molecule has 41 heavy (non-hydrogen) atoms. The molecule has 1 N–H and O–H groups in total. The summed E-state index contributed by atoms with van der Waals surface area (Å²) in [5, 5.41) is 13.8. The van der Waals surface area contributed by atoms with Gasteiger partial charge in [0, 0.05) is 43.4 Å². The molecule has 0 unspecified atom stereocenters. The Morgan fingerprint density at radius 1 is 1.05 bits per heavy atom. The molecular formula is C29H30N4O5S3. The highest BCUT2D eigenvalue weighted by Gasteiger charge is 2.32. The van der Waals surface area contributed by atoms with E-state index >= 15 is 0 Å². The molecule has 5 rings (SSSR count). The van der Waals surface area contributed by atoms with Gasteiger partial charge in [-0.2, -0.15) is 9.40 Å². The fourth-order valence-electron chi connectivity index (χ4n) is 4.89. The van der Waals surface area contributed by atoms with Gasteiger partial charge < -0.3 is 5.11 Å². The van der Waals surface area contributed by atoms with E-state index in [1.807, 2.05) is 36.4 Å². The molecule has 0 radical (unpaired) electrons. The Labute approximate surface area is 248 Å². The highest BCUT2D eigenvalue weighted by molar-refractivity contribution is 8.26. The quantitative estimate of drug-likeness (QED) is 0.261. The minimum atomic E-state index is -3.68. The number of nitrogens with zero attached hydrogens (tertiary/aromatic N) is 4. The van der Waals surface area contributed by atoms with Crippen molar-refractivity contribution in [2.75, 3.05) is 19.6 Å². The lowest BCUT2D eigenvalue weighted by atomic mass is 10.1. The number of carbonyl (C=O) groups excluding carboxylic acids is 1. The Morgan fingerprint density at radius 2 is 1.78 bits per heavy atom. The second kappa shape index (κ2) is 12.7. The van der Waals surface area contributed by atoms with Crippen LogP contribution in [0.15, 0.2) is 70.6 Å². The van der Waals surface area contributed by atoms with E-state index in [2.05, 4.69) is 0 Å². The monoisotopic (exact) mass is 610 g/mol. The lowest BCUT2D eigenvalue weighted by molar-refractivity contribution is -0.137. The Kier molecular flexibility index (Phi) is 9.03. The number of hydrogen-bond donors (Lipinski definition) is 1. The molecule has 2 saturated heterocycles. The van der Waals surface area contributed by atoms with E-state index in [-0.39, 0.29) is 23.8 Å². The third kappa shape index (κ3) is 6.61. The van der Waals surface area contributed by atoms with Crippen molar-refractivity contribution >= 4 is 56.3 Å². The molecule has 214 valence electrons. The molecule has 0 saturated carbocycles. The number of aromatic nitrogens is 2. The Balaban J connectivity index is 1.52. The number of carbonyl (C=O) groups is 2. The van der Waals surface area contributed by atoms with E-state index in [9.17, 15) is 18.0 Å². The van der Waals surface area contributed by atoms with Gasteiger partial charge in [0.1, 0.15) is 10.0 Å². The van der Waals surface area contributed by atoms with E-state index in [4.69, 9.17) is 22.4 Å². The smallest absolute Gasteiger partial charge is 0.303 e. The maximum Gasteiger partial charge on any atom is 0.303 e. The highest BCUT2D eigenvalue weighted by atomic mass is 32.2. The Bertz CT molecular complexity index is 1590. The molecule has 1 amide bonds. The van der Waals surface area contributed by atoms with Crippen LogP contribution in [0.2, 0.25) is 0 Å². The zero-order valence-electron chi connectivity index (χ0n) is 22.3. The van der Waals surface area contributed by atoms with Crippen LogP contribution in [0.5, 0.6) is 0 Å². The van der Waals surface area contributed by atoms with Gasteiger partial charge in [-0.1, -0.05) is 67.2 Å². The summed E-state index contributed by atoms with van der Waals surface area (Å²) in [6.45, 7) is 1.24. The first kappa shape index (κ1) is 29.2. The van der Waals surface area contributed by atoms with Gasteiger partial charge in [-0.25, -0.2) is 13.1 Å². The number of aliphatic carboxylic acids is 1. The topological polar surface area (TPSA) is 113 Å². The molecule has 2 fully saturated rings. The summed E-state index contributed by atoms with van der Waals surface area (Å²) in [7, 11) is -3.68. The van der Waals surface area contributed by atoms with Crippen molar-refractivity contribution in [2.24, 2.45) is 0 Å². The minimum Gasteiger partial charge on any atom is -0.481 e. The number of carboxylic acid groups (broad SMARTS) is 1. The molecular weight excluding hydrogens is 581 g/mol. The number of carboxylic acids is 1. The molecule has 2 aromatic carbocycles. The van der Waals surface area contributed by atoms with Crippen molar-refractivity contribution in [3.05, 3.63) is 71.3 Å². The van der Waals surface area contributed by atoms with Crippen LogP contribution in [0.3, 0.4) is 0 Å². The van der Waals surface area contributed by atoms with Gasteiger partial charge in [0.25, 0.3) is 5.91 Å². The van der Waals surface area contributed by atoms with E-state index in [1.165, 1.54) is 4.90 Å². The second-order valence-electron chi connectivity index (χ2n) is 9.89. The number of thioether (sulfide) groups is 1. The summed E-state index contributed by atoms with van der Waals surface area (Å²) in [5.41, 5.74) is 2.57. The van der Waals surface area contributed by atoms with Gasteiger partial charge in [-0.15, -0.1) is 0 Å². The second-order valence-corrected chi connectivity index (χ2v) is 13.5. The van der Waals surface area contributed by atoms with Crippen LogP contribution in [0.1, 0.15) is 44.1 Å². The molecule has 1 aromatic heterocycles. The number of hydrogen-bond acceptors (Lipinski definition) is 7. The third-order valence-electron chi connectivity index (χ3n) is 7.01. The molecule has 0 aliphatic carbocycles. The zero-order valence-corrected chi connectivity index (χ0v) is 24.8. The number of thiocarbonyl (C=S) groups is 1. The lowest BCUT2D eigenvalue weighted by Gasteiger charge is -2.20. The molecule has 0 spiro atoms. The summed E-state index contributed by atoms with van der Waals surface area (Å²) in [5.74, 6) is -1.22. The third-order valence-corrected chi connectivity index (χ3v) is 10.3. The van der Waals surface area contributed by atoms with Crippen molar-refractivity contribution in [1.29, 1.82) is 0 Å². The predicted molar refractivity (Wildman–Crippen MR) is 163 cm³/mol. The van der Waals surface area contributed by atoms with Crippen LogP contribution >= 0.6 is 24.0 Å². The standard InChI is InChI=1S/C29H30N4O5S3/c34-26(35)14-9-17-32-28(36)25(40-29(32)39)19-22-20-33(23-11-4-3-5-12-23)30-27(22)21-10-8-13-24(18-21)41(37,38)31-15-6-1-2-7-16-31/h3-5,8,10-13,18-20H,1-2,6-7,9,14-17H2,(H,34,35)/b25-19-. The van der Waals surface area contributed by atoms with Crippen molar-refractivity contribution < 1.29 is 23.1 Å². The molecule has 0 bridgehead atoms. The number of benzene rings is 2. The van der Waals surface area contributed by atoms with Gasteiger partial charge >= 0.3 is 5.97 Å². The minimum absolute atomic E-state index is 0.0548. The van der Waals surface area contributed by atoms with Crippen LogP contribution in [-0.2, 0) is 19.6 Å². The SMILES string of the molecule is O=C(O)CCCN1C(=O)/C(=C/c2cn(-c3ccccc3)nc2-c2cccc(S(=O)(=O)N3CCCCCC3)c2)SC1=S. The maximum absolute atomic E-state index is 13.5. The van der Waals surface area contributed by atoms with Crippen molar-refractivity contribution in [3.8, 4) is 16.9 Å². The van der Waals surface area contributed by atoms with Crippen LogP contribution < -0.4 is 0 Å². The van der Waals surface area contributed by atoms with Gasteiger partial charge in [0.05, 0.1) is 15.5 Å². The molecule has 0 atom stereocenters. The van der Waals surface area contributed by atoms with Gasteiger partial charge in [0.15, 0.2) is 0 Å². The van der Waals surface area contributed by atoms with E-state index in [0.29, 0.717) is 45.6 Å². The van der Waals surface area contributed by atoms with Crippen LogP contribution in [0.25, 0.3) is 23.0 Å². The normalized spacial score (nSPS) is 17.8. The van der Waals surface area contributed by atoms with E-state index in [0.717, 1.165) is 43.1 Å². The largest absolute Gasteiger partial charge is 0.481 e. The van der Waals surface area contributed by atoms with Crippen LogP contribution in [0.4, 0.5) is 0 Å². The number of amides is 1. The van der Waals surface area contributed by atoms with E-state index < -0.39 is 16.0 Å². The highest BCUT2D eigenvalue weighted by Crippen LogP contribution is 2.35. The summed E-state index contributed by atoms with van der Waals surface area (Å²) in [4.78, 5) is 26.1. The Hall–Kier alpha value is -3.32. The average molecular weight is 611 g/mol. The van der Waals surface area contributed by atoms with Gasteiger partial charge in [0.2, 0.25) is 10.0 Å². The van der Waals surface area contributed by atoms with Crippen molar-refractivity contribution in [2.45, 2.75) is 43.4 Å². The summed E-state index contributed by atoms with van der Waals surface area (Å²) in [6, 6.07) is 16.3. The van der Waals surface area contributed by atoms with Crippen LogP contribution in [0, 0.1) is 0 Å². The molecule has 9 nitrogen and oxygen atoms in total. The summed E-state index contributed by atoms with van der Waals surface area (Å²) < 4.78 is 30.7. The van der Waals surface area contributed by atoms with Crippen LogP contribution in [-0.4, -0.2) is 68.3 Å². The predicted octanol–water partition coefficient (Wildman–Crippen LogP) is 5.17. The molecule has 12 heteroatoms. The average Bonchev–Trinajstić information content (AvgIpc) is 3.34. The van der Waals surface area contributed by atoms with Gasteiger partial charge in [-0.05, 0) is 49.6 Å². The fourth-order valence-corrected chi connectivity index (χ4v) is 7.75. The number of para-hydroxylation sites is 1. The molecule has 2 aliphatic heterocycles. The Morgan fingerprint density at radius 3 is 2.49 bits per heavy atom. The van der Waals surface area contributed by atoms with E-state index in [1.54, 1.807) is 39.5 Å². The number of rotatable bonds is 9. The lowest BCUT2D eigenvalue weighted by Crippen LogP contribution is -2.31. The zero-order chi connectivity index (χ0) is 29.0. The first-order chi connectivity index (χ1) is 19.7. The van der Waals surface area contributed by atoms with Gasteiger partial charge in [-0.3, -0.25) is 14.5 Å². The van der Waals surface area contributed by atoms with Crippen molar-refractivity contribution in [3.63, 3.8) is 0 Å². The van der Waals surface area contributed by atoms with Crippen molar-refractivity contribution in [1.82, 2.24) is 19.0 Å². The molecule has 2 aliphatic rings.